The fourth-order valence-electron chi connectivity index (χ4n) is 0.752. The highest BCUT2D eigenvalue weighted by Crippen LogP contribution is 2.11. The van der Waals surface area contributed by atoms with Crippen molar-refractivity contribution in [2.75, 3.05) is 0 Å². The summed E-state index contributed by atoms with van der Waals surface area (Å²) < 4.78 is 0. The molecule has 4 heteroatoms. The predicted octanol–water partition coefficient (Wildman–Crippen LogP) is 1.21. The van der Waals surface area contributed by atoms with Gasteiger partial charge in [0, 0.05) is 6.54 Å². The molecule has 0 bridgehead atoms. The molecule has 0 aliphatic carbocycles. The van der Waals surface area contributed by atoms with Crippen LogP contribution in [0.15, 0.2) is 0 Å². The lowest BCUT2D eigenvalue weighted by molar-refractivity contribution is 0.919. The molecule has 0 radical (unpaired) electrons. The second-order valence-corrected chi connectivity index (χ2v) is 2.69. The first-order valence-electron chi connectivity index (χ1n) is 3.35. The maximum absolute atomic E-state index is 5.75. The number of aromatic nitrogens is 2. The normalized spacial score (nSPS) is 10.2. The van der Waals surface area contributed by atoms with E-state index >= 15 is 0 Å². The van der Waals surface area contributed by atoms with Gasteiger partial charge in [0.15, 0.2) is 5.15 Å². The van der Waals surface area contributed by atoms with Crippen LogP contribution in [0.1, 0.15) is 17.1 Å². The van der Waals surface area contributed by atoms with E-state index in [0.29, 0.717) is 17.4 Å². The van der Waals surface area contributed by atoms with E-state index in [1.807, 2.05) is 13.8 Å². The molecule has 2 N–H and O–H groups in total. The molecule has 0 fully saturated rings. The number of hydrogen-bond acceptors (Lipinski definition) is 3. The minimum Gasteiger partial charge on any atom is -0.325 e. The summed E-state index contributed by atoms with van der Waals surface area (Å²) in [6.07, 6.45) is 0. The highest BCUT2D eigenvalue weighted by Gasteiger charge is 2.03. The van der Waals surface area contributed by atoms with Crippen LogP contribution in [0, 0.1) is 13.8 Å². The summed E-state index contributed by atoms with van der Waals surface area (Å²) >= 11 is 5.75. The highest BCUT2D eigenvalue weighted by atomic mass is 35.5. The topological polar surface area (TPSA) is 51.8 Å². The molecule has 0 saturated heterocycles. The Labute approximate surface area is 70.6 Å². The molecule has 0 spiro atoms. The van der Waals surface area contributed by atoms with Crippen molar-refractivity contribution in [3.63, 3.8) is 0 Å². The fraction of sp³-hybridized carbons (Fsp3) is 0.429. The van der Waals surface area contributed by atoms with Crippen molar-refractivity contribution in [2.24, 2.45) is 5.73 Å². The van der Waals surface area contributed by atoms with E-state index in [0.717, 1.165) is 11.4 Å². The van der Waals surface area contributed by atoms with Crippen molar-refractivity contribution >= 4 is 11.6 Å². The zero-order chi connectivity index (χ0) is 8.43. The predicted molar refractivity (Wildman–Crippen MR) is 44.4 cm³/mol. The lowest BCUT2D eigenvalue weighted by Crippen LogP contribution is -2.05. The Morgan fingerprint density at radius 3 is 2.36 bits per heavy atom. The molecule has 0 unspecified atom stereocenters. The van der Waals surface area contributed by atoms with Crippen LogP contribution in [-0.2, 0) is 6.54 Å². The van der Waals surface area contributed by atoms with Crippen molar-refractivity contribution in [1.29, 1.82) is 0 Å². The van der Waals surface area contributed by atoms with Gasteiger partial charge in [-0.15, -0.1) is 0 Å². The van der Waals surface area contributed by atoms with Crippen molar-refractivity contribution in [3.8, 4) is 0 Å². The van der Waals surface area contributed by atoms with Gasteiger partial charge >= 0.3 is 0 Å². The van der Waals surface area contributed by atoms with E-state index in [4.69, 9.17) is 17.3 Å². The summed E-state index contributed by atoms with van der Waals surface area (Å²) in [5.41, 5.74) is 7.78. The minimum atomic E-state index is 0.340. The van der Waals surface area contributed by atoms with Crippen LogP contribution < -0.4 is 5.73 Å². The van der Waals surface area contributed by atoms with Gasteiger partial charge in [-0.3, -0.25) is 4.98 Å². The van der Waals surface area contributed by atoms with Crippen LogP contribution in [0.5, 0.6) is 0 Å². The lowest BCUT2D eigenvalue weighted by atomic mass is 10.3. The summed E-state index contributed by atoms with van der Waals surface area (Å²) in [7, 11) is 0. The zero-order valence-corrected chi connectivity index (χ0v) is 7.31. The van der Waals surface area contributed by atoms with Gasteiger partial charge in [0.25, 0.3) is 0 Å². The van der Waals surface area contributed by atoms with Gasteiger partial charge < -0.3 is 5.73 Å². The number of halogens is 1. The van der Waals surface area contributed by atoms with Gasteiger partial charge in [0.05, 0.1) is 17.1 Å². The molecule has 1 aromatic heterocycles. The molecule has 0 amide bonds. The van der Waals surface area contributed by atoms with Crippen LogP contribution in [-0.4, -0.2) is 9.97 Å². The van der Waals surface area contributed by atoms with Crippen LogP contribution in [0.25, 0.3) is 0 Å². The molecule has 60 valence electrons. The Morgan fingerprint density at radius 1 is 1.27 bits per heavy atom. The Balaban J connectivity index is 3.21. The quantitative estimate of drug-likeness (QED) is 0.691. The van der Waals surface area contributed by atoms with Gasteiger partial charge in [-0.2, -0.15) is 0 Å². The van der Waals surface area contributed by atoms with Gasteiger partial charge in [-0.05, 0) is 13.8 Å². The molecule has 0 aliphatic rings. The summed E-state index contributed by atoms with van der Waals surface area (Å²) in [5, 5.41) is 0.413. The first kappa shape index (κ1) is 8.43. The van der Waals surface area contributed by atoms with E-state index in [9.17, 15) is 0 Å². The second kappa shape index (κ2) is 3.15. The molecule has 1 aromatic rings. The Kier molecular flexibility index (Phi) is 2.42. The number of aryl methyl sites for hydroxylation is 2. The molecule has 1 rings (SSSR count). The monoisotopic (exact) mass is 171 g/mol. The van der Waals surface area contributed by atoms with E-state index in [2.05, 4.69) is 9.97 Å². The third-order valence-electron chi connectivity index (χ3n) is 1.52. The SMILES string of the molecule is Cc1nc(Cl)c(CN)nc1C. The standard InChI is InChI=1S/C7H10ClN3/c1-4-5(2)11-7(8)6(3-9)10-4/h3,9H2,1-2H3. The number of nitrogens with zero attached hydrogens (tertiary/aromatic N) is 2. The van der Waals surface area contributed by atoms with Gasteiger partial charge in [-0.1, -0.05) is 11.6 Å². The van der Waals surface area contributed by atoms with E-state index in [1.54, 1.807) is 0 Å². The van der Waals surface area contributed by atoms with Crippen LogP contribution in [0.3, 0.4) is 0 Å². The van der Waals surface area contributed by atoms with Crippen molar-refractivity contribution in [2.45, 2.75) is 20.4 Å². The summed E-state index contributed by atoms with van der Waals surface area (Å²) in [5.74, 6) is 0. The molecule has 0 aliphatic heterocycles. The largest absolute Gasteiger partial charge is 0.325 e. The van der Waals surface area contributed by atoms with Crippen LogP contribution >= 0.6 is 11.6 Å². The maximum atomic E-state index is 5.75. The van der Waals surface area contributed by atoms with Gasteiger partial charge in [-0.25, -0.2) is 4.98 Å². The van der Waals surface area contributed by atoms with Crippen molar-refractivity contribution in [1.82, 2.24) is 9.97 Å². The van der Waals surface area contributed by atoms with Gasteiger partial charge in [0.1, 0.15) is 0 Å². The summed E-state index contributed by atoms with van der Waals surface area (Å²) in [4.78, 5) is 8.24. The summed E-state index contributed by atoms with van der Waals surface area (Å²) in [6, 6.07) is 0. The first-order chi connectivity index (χ1) is 5.15. The molecule has 3 nitrogen and oxygen atoms in total. The third kappa shape index (κ3) is 1.67. The van der Waals surface area contributed by atoms with Gasteiger partial charge in [0.2, 0.25) is 0 Å². The Bertz CT molecular complexity index is 273. The summed E-state index contributed by atoms with van der Waals surface area (Å²) in [6.45, 7) is 4.10. The minimum absolute atomic E-state index is 0.340. The second-order valence-electron chi connectivity index (χ2n) is 2.34. The van der Waals surface area contributed by atoms with Crippen LogP contribution in [0.4, 0.5) is 0 Å². The zero-order valence-electron chi connectivity index (χ0n) is 6.56. The van der Waals surface area contributed by atoms with E-state index < -0.39 is 0 Å². The maximum Gasteiger partial charge on any atom is 0.152 e. The fourth-order valence-corrected chi connectivity index (χ4v) is 0.998. The molecular weight excluding hydrogens is 162 g/mol. The number of rotatable bonds is 1. The number of hydrogen-bond donors (Lipinski definition) is 1. The van der Waals surface area contributed by atoms with Crippen LogP contribution in [0.2, 0.25) is 5.15 Å². The molecular formula is C7H10ClN3. The molecule has 0 aromatic carbocycles. The molecule has 1 heterocycles. The molecule has 11 heavy (non-hydrogen) atoms. The Hall–Kier alpha value is -0.670. The molecule has 0 saturated carbocycles. The number of nitrogens with two attached hydrogens (primary N) is 1. The Morgan fingerprint density at radius 2 is 1.82 bits per heavy atom. The van der Waals surface area contributed by atoms with E-state index in [1.165, 1.54) is 0 Å². The average molecular weight is 172 g/mol. The van der Waals surface area contributed by atoms with Crippen molar-refractivity contribution < 1.29 is 0 Å². The van der Waals surface area contributed by atoms with E-state index in [-0.39, 0.29) is 0 Å². The lowest BCUT2D eigenvalue weighted by Gasteiger charge is -2.02. The highest BCUT2D eigenvalue weighted by molar-refractivity contribution is 6.30. The first-order valence-corrected chi connectivity index (χ1v) is 3.72. The average Bonchev–Trinajstić information content (AvgIpc) is 1.97. The molecule has 0 atom stereocenters. The smallest absolute Gasteiger partial charge is 0.152 e. The third-order valence-corrected chi connectivity index (χ3v) is 1.83. The van der Waals surface area contributed by atoms with Crippen molar-refractivity contribution in [3.05, 3.63) is 22.2 Å².